The molecular weight excluding hydrogens is 312 g/mol. The van der Waals surface area contributed by atoms with Crippen molar-refractivity contribution in [1.29, 1.82) is 0 Å². The van der Waals surface area contributed by atoms with Gasteiger partial charge in [0, 0.05) is 18.2 Å². The first kappa shape index (κ1) is 17.1. The lowest BCUT2D eigenvalue weighted by molar-refractivity contribution is -0.385. The Labute approximate surface area is 138 Å². The number of aromatic carboxylic acids is 1. The van der Waals surface area contributed by atoms with Crippen LogP contribution >= 0.6 is 0 Å². The summed E-state index contributed by atoms with van der Waals surface area (Å²) in [6, 6.07) is 12.8. The molecule has 0 fully saturated rings. The Bertz CT molecular complexity index is 759. The minimum Gasteiger partial charge on any atom is -0.478 e. The monoisotopic (exact) mass is 328 g/mol. The van der Waals surface area contributed by atoms with Gasteiger partial charge in [0.25, 0.3) is 5.69 Å². The zero-order valence-corrected chi connectivity index (χ0v) is 12.8. The molecule has 0 saturated carbocycles. The van der Waals surface area contributed by atoms with E-state index in [1.807, 2.05) is 30.3 Å². The van der Waals surface area contributed by atoms with Crippen LogP contribution in [0, 0.1) is 10.1 Å². The summed E-state index contributed by atoms with van der Waals surface area (Å²) in [5, 5.41) is 22.7. The normalized spacial score (nSPS) is 10.2. The molecule has 1 amide bonds. The van der Waals surface area contributed by atoms with Gasteiger partial charge in [-0.2, -0.15) is 0 Å². The van der Waals surface area contributed by atoms with Crippen LogP contribution in [-0.4, -0.2) is 28.5 Å². The van der Waals surface area contributed by atoms with E-state index in [-0.39, 0.29) is 42.1 Å². The van der Waals surface area contributed by atoms with Gasteiger partial charge in [0.2, 0.25) is 5.91 Å². The van der Waals surface area contributed by atoms with Crippen molar-refractivity contribution in [1.82, 2.24) is 5.32 Å². The fourth-order valence-electron chi connectivity index (χ4n) is 2.28. The molecular formula is C17H16N2O5. The molecule has 0 radical (unpaired) electrons. The Morgan fingerprint density at radius 1 is 1.12 bits per heavy atom. The molecule has 7 heteroatoms. The zero-order chi connectivity index (χ0) is 17.5. The molecule has 2 N–H and O–H groups in total. The first-order valence-electron chi connectivity index (χ1n) is 7.28. The number of rotatable bonds is 7. The highest BCUT2D eigenvalue weighted by molar-refractivity contribution is 5.88. The van der Waals surface area contributed by atoms with E-state index in [4.69, 9.17) is 5.11 Å². The summed E-state index contributed by atoms with van der Waals surface area (Å²) < 4.78 is 0. The minimum atomic E-state index is -1.15. The van der Waals surface area contributed by atoms with Crippen molar-refractivity contribution in [3.63, 3.8) is 0 Å². The van der Waals surface area contributed by atoms with E-state index >= 15 is 0 Å². The van der Waals surface area contributed by atoms with E-state index in [9.17, 15) is 19.7 Å². The smallest absolute Gasteiger partial charge is 0.335 e. The Morgan fingerprint density at radius 2 is 1.83 bits per heavy atom. The topological polar surface area (TPSA) is 110 Å². The zero-order valence-electron chi connectivity index (χ0n) is 12.8. The predicted molar refractivity (Wildman–Crippen MR) is 86.9 cm³/mol. The number of carboxylic acids is 1. The number of carbonyl (C=O) groups excluding carboxylic acids is 1. The van der Waals surface area contributed by atoms with E-state index in [0.717, 1.165) is 5.56 Å². The van der Waals surface area contributed by atoms with Gasteiger partial charge in [-0.3, -0.25) is 14.9 Å². The molecule has 2 rings (SSSR count). The van der Waals surface area contributed by atoms with Crippen LogP contribution in [0.25, 0.3) is 0 Å². The van der Waals surface area contributed by atoms with Gasteiger partial charge in [-0.05, 0) is 24.1 Å². The van der Waals surface area contributed by atoms with Crippen LogP contribution < -0.4 is 5.32 Å². The van der Waals surface area contributed by atoms with Crippen LogP contribution in [0.5, 0.6) is 0 Å². The third-order valence-corrected chi connectivity index (χ3v) is 3.45. The minimum absolute atomic E-state index is 0.0220. The molecule has 24 heavy (non-hydrogen) atoms. The van der Waals surface area contributed by atoms with Crippen molar-refractivity contribution in [3.8, 4) is 0 Å². The Balaban J connectivity index is 1.98. The highest BCUT2D eigenvalue weighted by Crippen LogP contribution is 2.20. The number of benzene rings is 2. The fourth-order valence-corrected chi connectivity index (χ4v) is 2.28. The van der Waals surface area contributed by atoms with Gasteiger partial charge in [-0.15, -0.1) is 0 Å². The molecule has 0 atom stereocenters. The Kier molecular flexibility index (Phi) is 5.62. The maximum absolute atomic E-state index is 11.9. The molecule has 0 unspecified atom stereocenters. The molecule has 0 aliphatic rings. The molecule has 124 valence electrons. The molecule has 7 nitrogen and oxygen atoms in total. The summed E-state index contributed by atoms with van der Waals surface area (Å²) >= 11 is 0. The van der Waals surface area contributed by atoms with Gasteiger partial charge in [-0.25, -0.2) is 4.79 Å². The number of nitro groups is 1. The molecule has 2 aromatic rings. The van der Waals surface area contributed by atoms with E-state index < -0.39 is 10.9 Å². The fraction of sp³-hybridized carbons (Fsp3) is 0.176. The van der Waals surface area contributed by atoms with Crippen molar-refractivity contribution in [2.24, 2.45) is 0 Å². The molecule has 0 aliphatic carbocycles. The summed E-state index contributed by atoms with van der Waals surface area (Å²) in [7, 11) is 0. The number of nitrogens with zero attached hydrogens (tertiary/aromatic N) is 1. The molecule has 0 saturated heterocycles. The first-order chi connectivity index (χ1) is 11.5. The summed E-state index contributed by atoms with van der Waals surface area (Å²) in [6.07, 6.45) is 0.399. The quantitative estimate of drug-likeness (QED) is 0.598. The number of amides is 1. The number of hydrogen-bond acceptors (Lipinski definition) is 4. The maximum atomic E-state index is 11.9. The van der Waals surface area contributed by atoms with Crippen LogP contribution in [0.3, 0.4) is 0 Å². The Hall–Kier alpha value is -3.22. The number of carboxylic acid groups (broad SMARTS) is 1. The van der Waals surface area contributed by atoms with Gasteiger partial charge < -0.3 is 10.4 Å². The lowest BCUT2D eigenvalue weighted by Crippen LogP contribution is -2.27. The molecule has 0 bridgehead atoms. The van der Waals surface area contributed by atoms with Gasteiger partial charge in [0.1, 0.15) is 0 Å². The van der Waals surface area contributed by atoms with E-state index in [1.165, 1.54) is 18.2 Å². The van der Waals surface area contributed by atoms with Crippen LogP contribution in [0.1, 0.15) is 21.5 Å². The number of carbonyl (C=O) groups is 2. The SMILES string of the molecule is O=C(Cc1ccccc1)NCCc1cc(C(=O)O)ccc1[N+](=O)[O-]. The molecule has 2 aromatic carbocycles. The third kappa shape index (κ3) is 4.64. The largest absolute Gasteiger partial charge is 0.478 e. The Morgan fingerprint density at radius 3 is 2.46 bits per heavy atom. The molecule has 0 aromatic heterocycles. The van der Waals surface area contributed by atoms with Gasteiger partial charge in [0.15, 0.2) is 0 Å². The van der Waals surface area contributed by atoms with Crippen LogP contribution in [-0.2, 0) is 17.6 Å². The summed E-state index contributed by atoms with van der Waals surface area (Å²) in [4.78, 5) is 33.3. The van der Waals surface area contributed by atoms with E-state index in [0.29, 0.717) is 0 Å². The van der Waals surface area contributed by atoms with E-state index in [2.05, 4.69) is 5.32 Å². The second-order valence-electron chi connectivity index (χ2n) is 5.17. The molecule has 0 spiro atoms. The second-order valence-corrected chi connectivity index (χ2v) is 5.17. The number of hydrogen-bond donors (Lipinski definition) is 2. The molecule has 0 aliphatic heterocycles. The maximum Gasteiger partial charge on any atom is 0.335 e. The second kappa shape index (κ2) is 7.87. The highest BCUT2D eigenvalue weighted by atomic mass is 16.6. The van der Waals surface area contributed by atoms with Crippen LogP contribution in [0.15, 0.2) is 48.5 Å². The number of nitro benzene ring substituents is 1. The average Bonchev–Trinajstić information content (AvgIpc) is 2.55. The van der Waals surface area contributed by atoms with Crippen molar-refractivity contribution >= 4 is 17.6 Å². The standard InChI is InChI=1S/C17H16N2O5/c20-16(10-12-4-2-1-3-5-12)18-9-8-13-11-14(17(21)22)6-7-15(13)19(23)24/h1-7,11H,8-10H2,(H,18,20)(H,21,22). The number of nitrogens with one attached hydrogen (secondary N) is 1. The van der Waals surface area contributed by atoms with E-state index in [1.54, 1.807) is 0 Å². The van der Waals surface area contributed by atoms with Gasteiger partial charge >= 0.3 is 5.97 Å². The summed E-state index contributed by atoms with van der Waals surface area (Å²) in [5.41, 5.74) is 0.970. The van der Waals surface area contributed by atoms with Crippen LogP contribution in [0.4, 0.5) is 5.69 Å². The summed E-state index contributed by atoms with van der Waals surface area (Å²) in [6.45, 7) is 0.190. The van der Waals surface area contributed by atoms with Crippen molar-refractivity contribution in [3.05, 3.63) is 75.3 Å². The van der Waals surface area contributed by atoms with Crippen molar-refractivity contribution in [2.45, 2.75) is 12.8 Å². The predicted octanol–water partition coefficient (Wildman–Crippen LogP) is 2.19. The highest BCUT2D eigenvalue weighted by Gasteiger charge is 2.16. The van der Waals surface area contributed by atoms with Crippen LogP contribution in [0.2, 0.25) is 0 Å². The lowest BCUT2D eigenvalue weighted by atomic mass is 10.1. The van der Waals surface area contributed by atoms with Crippen molar-refractivity contribution in [2.75, 3.05) is 6.54 Å². The summed E-state index contributed by atoms with van der Waals surface area (Å²) in [5.74, 6) is -1.35. The average molecular weight is 328 g/mol. The van der Waals surface area contributed by atoms with Gasteiger partial charge in [-0.1, -0.05) is 30.3 Å². The molecule has 0 heterocycles. The first-order valence-corrected chi connectivity index (χ1v) is 7.28. The lowest BCUT2D eigenvalue weighted by Gasteiger charge is -2.07. The third-order valence-electron chi connectivity index (χ3n) is 3.45. The van der Waals surface area contributed by atoms with Gasteiger partial charge in [0.05, 0.1) is 16.9 Å². The van der Waals surface area contributed by atoms with Crippen molar-refractivity contribution < 1.29 is 19.6 Å².